The van der Waals surface area contributed by atoms with Crippen LogP contribution in [0.15, 0.2) is 18.2 Å². The van der Waals surface area contributed by atoms with Crippen LogP contribution < -0.4 is 11.1 Å². The molecule has 0 aliphatic rings. The van der Waals surface area contributed by atoms with Crippen molar-refractivity contribution in [3.63, 3.8) is 0 Å². The van der Waals surface area contributed by atoms with Crippen molar-refractivity contribution in [1.82, 2.24) is 0 Å². The molecule has 0 spiro atoms. The number of aryl methyl sites for hydroxylation is 2. The van der Waals surface area contributed by atoms with Crippen molar-refractivity contribution in [3.8, 4) is 0 Å². The Bertz CT molecular complexity index is 553. The van der Waals surface area contributed by atoms with Gasteiger partial charge in [0.25, 0.3) is 0 Å². The third-order valence-electron chi connectivity index (χ3n) is 2.68. The lowest BCUT2D eigenvalue weighted by Crippen LogP contribution is -2.25. The molecule has 1 aromatic rings. The van der Waals surface area contributed by atoms with E-state index < -0.39 is 21.5 Å². The number of anilines is 1. The topological polar surface area (TPSA) is 89.3 Å². The van der Waals surface area contributed by atoms with Gasteiger partial charge in [-0.3, -0.25) is 4.79 Å². The summed E-state index contributed by atoms with van der Waals surface area (Å²) >= 11 is 0. The molecule has 106 valence electrons. The average Bonchev–Trinajstić information content (AvgIpc) is 2.30. The van der Waals surface area contributed by atoms with Gasteiger partial charge in [-0.15, -0.1) is 0 Å². The molecule has 6 heteroatoms. The van der Waals surface area contributed by atoms with Gasteiger partial charge in [0.2, 0.25) is 5.91 Å². The van der Waals surface area contributed by atoms with Gasteiger partial charge in [0.15, 0.2) is 9.84 Å². The highest BCUT2D eigenvalue weighted by Gasteiger charge is 2.16. The number of benzene rings is 1. The summed E-state index contributed by atoms with van der Waals surface area (Å²) in [5.41, 5.74) is 7.82. The summed E-state index contributed by atoms with van der Waals surface area (Å²) in [6, 6.07) is 5.64. The van der Waals surface area contributed by atoms with Gasteiger partial charge >= 0.3 is 0 Å². The fourth-order valence-corrected chi connectivity index (χ4v) is 2.85. The molecule has 0 bridgehead atoms. The Hall–Kier alpha value is -1.40. The highest BCUT2D eigenvalue weighted by atomic mass is 32.2. The summed E-state index contributed by atoms with van der Waals surface area (Å²) in [6.07, 6.45) is 0.374. The van der Waals surface area contributed by atoms with Crippen LogP contribution in [0.2, 0.25) is 0 Å². The number of sulfone groups is 1. The van der Waals surface area contributed by atoms with Crippen LogP contribution in [0.1, 0.15) is 17.5 Å². The van der Waals surface area contributed by atoms with Crippen molar-refractivity contribution < 1.29 is 13.2 Å². The molecule has 0 unspecified atom stereocenters. The second-order valence-corrected chi connectivity index (χ2v) is 6.78. The quantitative estimate of drug-likeness (QED) is 0.815. The number of nitrogens with one attached hydrogen (secondary N) is 1. The zero-order valence-corrected chi connectivity index (χ0v) is 12.1. The second kappa shape index (κ2) is 6.68. The Balaban J connectivity index is 2.68. The first kappa shape index (κ1) is 15.7. The first-order valence-corrected chi connectivity index (χ1v) is 7.94. The molecule has 1 rings (SSSR count). The molecule has 0 atom stereocenters. The van der Waals surface area contributed by atoms with Gasteiger partial charge in [-0.2, -0.15) is 0 Å². The summed E-state index contributed by atoms with van der Waals surface area (Å²) in [5, 5.41) is 2.63. The van der Waals surface area contributed by atoms with Crippen molar-refractivity contribution in [2.75, 3.05) is 23.4 Å². The Morgan fingerprint density at radius 1 is 1.32 bits per heavy atom. The lowest BCUT2D eigenvalue weighted by Gasteiger charge is -2.09. The smallest absolute Gasteiger partial charge is 0.239 e. The van der Waals surface area contributed by atoms with Crippen molar-refractivity contribution in [1.29, 1.82) is 0 Å². The van der Waals surface area contributed by atoms with Crippen LogP contribution in [0.3, 0.4) is 0 Å². The van der Waals surface area contributed by atoms with Crippen molar-refractivity contribution in [2.24, 2.45) is 5.73 Å². The van der Waals surface area contributed by atoms with Crippen LogP contribution in [-0.4, -0.2) is 32.4 Å². The van der Waals surface area contributed by atoms with Crippen molar-refractivity contribution in [2.45, 2.75) is 20.3 Å². The molecule has 19 heavy (non-hydrogen) atoms. The van der Waals surface area contributed by atoms with E-state index in [4.69, 9.17) is 5.73 Å². The molecule has 0 radical (unpaired) electrons. The summed E-state index contributed by atoms with van der Waals surface area (Å²) in [6.45, 7) is 4.07. The maximum atomic E-state index is 11.7. The van der Waals surface area contributed by atoms with Gasteiger partial charge in [0, 0.05) is 5.69 Å². The van der Waals surface area contributed by atoms with E-state index in [1.165, 1.54) is 0 Å². The summed E-state index contributed by atoms with van der Waals surface area (Å²) in [5.74, 6) is -1.06. The molecule has 0 heterocycles. The van der Waals surface area contributed by atoms with E-state index in [2.05, 4.69) is 5.32 Å². The fraction of sp³-hybridized carbons (Fsp3) is 0.462. The fourth-order valence-electron chi connectivity index (χ4n) is 1.63. The van der Waals surface area contributed by atoms with E-state index in [0.717, 1.165) is 11.1 Å². The Morgan fingerprint density at radius 2 is 2.00 bits per heavy atom. The Morgan fingerprint density at radius 3 is 2.63 bits per heavy atom. The van der Waals surface area contributed by atoms with Crippen LogP contribution in [-0.2, 0) is 14.6 Å². The van der Waals surface area contributed by atoms with E-state index in [1.54, 1.807) is 0 Å². The standard InChI is InChI=1S/C13H20N2O3S/c1-10-4-5-11(2)12(8-10)15-13(16)9-19(17,18)7-3-6-14/h4-5,8H,3,6-7,9,14H2,1-2H3,(H,15,16). The molecular formula is C13H20N2O3S. The number of nitrogens with two attached hydrogens (primary N) is 1. The van der Waals surface area contributed by atoms with Crippen LogP contribution in [0.4, 0.5) is 5.69 Å². The number of hydrogen-bond acceptors (Lipinski definition) is 4. The minimum absolute atomic E-state index is 0.0519. The first-order valence-electron chi connectivity index (χ1n) is 6.11. The summed E-state index contributed by atoms with van der Waals surface area (Å²) < 4.78 is 23.3. The van der Waals surface area contributed by atoms with E-state index in [-0.39, 0.29) is 5.75 Å². The zero-order valence-electron chi connectivity index (χ0n) is 11.3. The second-order valence-electron chi connectivity index (χ2n) is 4.60. The maximum Gasteiger partial charge on any atom is 0.239 e. The number of carbonyl (C=O) groups is 1. The predicted molar refractivity (Wildman–Crippen MR) is 76.9 cm³/mol. The monoisotopic (exact) mass is 284 g/mol. The van der Waals surface area contributed by atoms with Crippen molar-refractivity contribution >= 4 is 21.4 Å². The third kappa shape index (κ3) is 5.40. The predicted octanol–water partition coefficient (Wildman–Crippen LogP) is 1.01. The Kier molecular flexibility index (Phi) is 5.50. The summed E-state index contributed by atoms with van der Waals surface area (Å²) in [7, 11) is -3.38. The maximum absolute atomic E-state index is 11.7. The van der Waals surface area contributed by atoms with Gasteiger partial charge in [0.05, 0.1) is 5.75 Å². The van der Waals surface area contributed by atoms with E-state index in [1.807, 2.05) is 32.0 Å². The average molecular weight is 284 g/mol. The first-order chi connectivity index (χ1) is 8.84. The van der Waals surface area contributed by atoms with E-state index in [0.29, 0.717) is 18.7 Å². The number of hydrogen-bond donors (Lipinski definition) is 2. The molecular weight excluding hydrogens is 264 g/mol. The molecule has 0 saturated heterocycles. The minimum Gasteiger partial charge on any atom is -0.330 e. The van der Waals surface area contributed by atoms with E-state index >= 15 is 0 Å². The van der Waals surface area contributed by atoms with E-state index in [9.17, 15) is 13.2 Å². The molecule has 0 aromatic heterocycles. The molecule has 5 nitrogen and oxygen atoms in total. The largest absolute Gasteiger partial charge is 0.330 e. The van der Waals surface area contributed by atoms with Gasteiger partial charge in [0.1, 0.15) is 5.75 Å². The Labute approximate surface area is 114 Å². The number of rotatable bonds is 6. The van der Waals surface area contributed by atoms with Gasteiger partial charge in [-0.1, -0.05) is 12.1 Å². The lowest BCUT2D eigenvalue weighted by atomic mass is 10.1. The molecule has 0 fully saturated rings. The minimum atomic E-state index is -3.38. The zero-order chi connectivity index (χ0) is 14.5. The molecule has 0 saturated carbocycles. The van der Waals surface area contributed by atoms with Crippen LogP contribution in [0.25, 0.3) is 0 Å². The van der Waals surface area contributed by atoms with Crippen LogP contribution >= 0.6 is 0 Å². The van der Waals surface area contributed by atoms with Crippen LogP contribution in [0, 0.1) is 13.8 Å². The molecule has 0 aliphatic carbocycles. The molecule has 1 amide bonds. The molecule has 1 aromatic carbocycles. The third-order valence-corrected chi connectivity index (χ3v) is 4.29. The van der Waals surface area contributed by atoms with Gasteiger partial charge in [-0.05, 0) is 44.0 Å². The SMILES string of the molecule is Cc1ccc(C)c(NC(=O)CS(=O)(=O)CCCN)c1. The summed E-state index contributed by atoms with van der Waals surface area (Å²) in [4.78, 5) is 11.7. The highest BCUT2D eigenvalue weighted by Crippen LogP contribution is 2.16. The van der Waals surface area contributed by atoms with Gasteiger partial charge < -0.3 is 11.1 Å². The molecule has 3 N–H and O–H groups in total. The van der Waals surface area contributed by atoms with Crippen molar-refractivity contribution in [3.05, 3.63) is 29.3 Å². The van der Waals surface area contributed by atoms with Crippen LogP contribution in [0.5, 0.6) is 0 Å². The number of carbonyl (C=O) groups excluding carboxylic acids is 1. The highest BCUT2D eigenvalue weighted by molar-refractivity contribution is 7.92. The lowest BCUT2D eigenvalue weighted by molar-refractivity contribution is -0.113. The number of amides is 1. The molecule has 0 aliphatic heterocycles. The normalized spacial score (nSPS) is 11.3. The van der Waals surface area contributed by atoms with Gasteiger partial charge in [-0.25, -0.2) is 8.42 Å².